The van der Waals surface area contributed by atoms with Gasteiger partial charge in [0.05, 0.1) is 0 Å². The molecule has 0 saturated heterocycles. The molecule has 0 unspecified atom stereocenters. The predicted octanol–water partition coefficient (Wildman–Crippen LogP) is 3.13. The molecule has 0 bridgehead atoms. The summed E-state index contributed by atoms with van der Waals surface area (Å²) in [6.07, 6.45) is -1.12. The van der Waals surface area contributed by atoms with Gasteiger partial charge in [-0.25, -0.2) is 4.79 Å². The number of ether oxygens (including phenoxy) is 2. The largest absolute Gasteiger partial charge is 0.470 e. The molecule has 0 spiro atoms. The molecule has 1 atom stereocenters. The monoisotopic (exact) mass is 400 g/mol. The van der Waals surface area contributed by atoms with Crippen LogP contribution in [0.5, 0.6) is 0 Å². The minimum atomic E-state index is -1.12. The lowest BCUT2D eigenvalue weighted by atomic mass is 10.2. The summed E-state index contributed by atoms with van der Waals surface area (Å²) in [7, 11) is 0. The average molecular weight is 401 g/mol. The zero-order valence-corrected chi connectivity index (χ0v) is 15.7. The minimum absolute atomic E-state index is 0.00603. The first-order chi connectivity index (χ1) is 13.4. The first-order valence-corrected chi connectivity index (χ1v) is 8.81. The van der Waals surface area contributed by atoms with Crippen LogP contribution >= 0.6 is 11.6 Å². The van der Waals surface area contributed by atoms with Gasteiger partial charge in [0.25, 0.3) is 5.91 Å². The molecule has 3 rings (SSSR count). The molecule has 2 aromatic carbocycles. The van der Waals surface area contributed by atoms with E-state index in [0.717, 1.165) is 0 Å². The van der Waals surface area contributed by atoms with E-state index in [4.69, 9.17) is 21.1 Å². The van der Waals surface area contributed by atoms with Crippen LogP contribution in [0.4, 0.5) is 11.4 Å². The molecule has 0 saturated carbocycles. The summed E-state index contributed by atoms with van der Waals surface area (Å²) in [5, 5.41) is 6.01. The molecule has 2 aromatic rings. The summed E-state index contributed by atoms with van der Waals surface area (Å²) in [4.78, 5) is 36.7. The molecule has 1 amide bonds. The molecule has 8 heteroatoms. The number of hydrogen-bond acceptors (Lipinski definition) is 6. The maximum atomic E-state index is 12.4. The highest BCUT2D eigenvalue weighted by molar-refractivity contribution is 6.30. The maximum absolute atomic E-state index is 12.4. The third kappa shape index (κ3) is 4.69. The number of ketones is 1. The van der Waals surface area contributed by atoms with Crippen molar-refractivity contribution in [2.24, 2.45) is 0 Å². The summed E-state index contributed by atoms with van der Waals surface area (Å²) in [6, 6.07) is 15.4. The van der Waals surface area contributed by atoms with Gasteiger partial charge in [-0.3, -0.25) is 9.59 Å². The molecule has 0 fully saturated rings. The van der Waals surface area contributed by atoms with Gasteiger partial charge in [0.2, 0.25) is 11.7 Å². The lowest BCUT2D eigenvalue weighted by molar-refractivity contribution is -0.150. The Morgan fingerprint density at radius 3 is 2.43 bits per heavy atom. The van der Waals surface area contributed by atoms with Gasteiger partial charge in [0.15, 0.2) is 18.3 Å². The Balaban J connectivity index is 1.67. The zero-order valence-electron chi connectivity index (χ0n) is 14.9. The topological polar surface area (TPSA) is 93.7 Å². The average Bonchev–Trinajstić information content (AvgIpc) is 3.04. The minimum Gasteiger partial charge on any atom is -0.470 e. The Bertz CT molecular complexity index is 925. The van der Waals surface area contributed by atoms with Crippen LogP contribution in [0, 0.1) is 0 Å². The van der Waals surface area contributed by atoms with Gasteiger partial charge >= 0.3 is 5.97 Å². The van der Waals surface area contributed by atoms with E-state index in [1.807, 2.05) is 6.07 Å². The lowest BCUT2D eigenvalue weighted by Crippen LogP contribution is -2.31. The molecule has 28 heavy (non-hydrogen) atoms. The van der Waals surface area contributed by atoms with Crippen molar-refractivity contribution in [2.75, 3.05) is 17.2 Å². The van der Waals surface area contributed by atoms with Gasteiger partial charge < -0.3 is 20.1 Å². The fraction of sp³-hybridized carbons (Fsp3) is 0.150. The highest BCUT2D eigenvalue weighted by Crippen LogP contribution is 2.21. The number of halogens is 1. The van der Waals surface area contributed by atoms with E-state index >= 15 is 0 Å². The highest BCUT2D eigenvalue weighted by Gasteiger charge is 2.34. The Kier molecular flexibility index (Phi) is 5.96. The van der Waals surface area contributed by atoms with E-state index in [-0.39, 0.29) is 18.1 Å². The van der Waals surface area contributed by atoms with E-state index in [9.17, 15) is 14.4 Å². The molecular weight excluding hydrogens is 384 g/mol. The second-order valence-corrected chi connectivity index (χ2v) is 6.39. The van der Waals surface area contributed by atoms with Gasteiger partial charge in [-0.1, -0.05) is 29.8 Å². The first kappa shape index (κ1) is 19.4. The number of esters is 1. The van der Waals surface area contributed by atoms with Gasteiger partial charge in [-0.15, -0.1) is 0 Å². The summed E-state index contributed by atoms with van der Waals surface area (Å²) in [6.45, 7) is 1.14. The third-order valence-corrected chi connectivity index (χ3v) is 4.11. The van der Waals surface area contributed by atoms with Crippen molar-refractivity contribution < 1.29 is 23.9 Å². The molecule has 144 valence electrons. The van der Waals surface area contributed by atoms with E-state index < -0.39 is 23.8 Å². The number of hydrogen-bond donors (Lipinski definition) is 2. The van der Waals surface area contributed by atoms with Gasteiger partial charge in [0, 0.05) is 16.4 Å². The summed E-state index contributed by atoms with van der Waals surface area (Å²) < 4.78 is 10.4. The molecule has 1 aliphatic heterocycles. The predicted molar refractivity (Wildman–Crippen MR) is 104 cm³/mol. The molecule has 0 aliphatic carbocycles. The van der Waals surface area contributed by atoms with Crippen LogP contribution in [0.15, 0.2) is 66.1 Å². The van der Waals surface area contributed by atoms with E-state index in [0.29, 0.717) is 16.4 Å². The van der Waals surface area contributed by atoms with E-state index in [2.05, 4.69) is 10.6 Å². The normalized spacial score (nSPS) is 14.3. The molecule has 1 heterocycles. The summed E-state index contributed by atoms with van der Waals surface area (Å²) >= 11 is 5.80. The summed E-state index contributed by atoms with van der Waals surface area (Å²) in [5.74, 6) is -1.99. The number of carbonyl (C=O) groups excluding carboxylic acids is 3. The number of anilines is 2. The van der Waals surface area contributed by atoms with Crippen LogP contribution in [0.25, 0.3) is 0 Å². The van der Waals surface area contributed by atoms with Crippen molar-refractivity contribution in [3.63, 3.8) is 0 Å². The number of nitrogens with one attached hydrogen (secondary N) is 2. The van der Waals surface area contributed by atoms with Crippen LogP contribution in [0.2, 0.25) is 5.02 Å². The molecule has 7 nitrogen and oxygen atoms in total. The number of carbonyl (C=O) groups is 3. The van der Waals surface area contributed by atoms with Crippen LogP contribution < -0.4 is 10.6 Å². The van der Waals surface area contributed by atoms with Crippen LogP contribution in [-0.4, -0.2) is 30.4 Å². The number of amides is 1. The number of benzene rings is 2. The fourth-order valence-electron chi connectivity index (χ4n) is 2.42. The Hall–Kier alpha value is -3.32. The van der Waals surface area contributed by atoms with Crippen LogP contribution in [0.3, 0.4) is 0 Å². The second-order valence-electron chi connectivity index (χ2n) is 5.95. The van der Waals surface area contributed by atoms with Gasteiger partial charge in [0.1, 0.15) is 0 Å². The fourth-order valence-corrected chi connectivity index (χ4v) is 2.54. The molecule has 0 radical (unpaired) electrons. The zero-order chi connectivity index (χ0) is 20.1. The summed E-state index contributed by atoms with van der Waals surface area (Å²) in [5.41, 5.74) is 0.893. The van der Waals surface area contributed by atoms with Gasteiger partial charge in [-0.05, 0) is 43.3 Å². The quantitative estimate of drug-likeness (QED) is 0.571. The Morgan fingerprint density at radius 1 is 1.07 bits per heavy atom. The molecule has 2 N–H and O–H groups in total. The van der Waals surface area contributed by atoms with Crippen molar-refractivity contribution in [3.05, 3.63) is 71.1 Å². The Labute approximate surface area is 166 Å². The van der Waals surface area contributed by atoms with Crippen LogP contribution in [-0.2, 0) is 23.9 Å². The number of Topliss-reactive ketones (excluding diaryl/α,β-unsaturated/α-hetero) is 1. The molecular formula is C20H17ClN2O5. The third-order valence-electron chi connectivity index (χ3n) is 3.85. The van der Waals surface area contributed by atoms with Crippen molar-refractivity contribution >= 4 is 40.6 Å². The standard InChI is InChI=1S/C20H17ClN2O5/c1-12(18(25)22-15-9-7-13(21)8-10-15)28-20(26)17-16(24)11-27-19(17)23-14-5-3-2-4-6-14/h2-10,12,23H,11H2,1H3,(H,22,25)/t12-/m0/s1. The number of rotatable bonds is 6. The van der Waals surface area contributed by atoms with Gasteiger partial charge in [-0.2, -0.15) is 0 Å². The van der Waals surface area contributed by atoms with Crippen molar-refractivity contribution in [3.8, 4) is 0 Å². The second kappa shape index (κ2) is 8.58. The Morgan fingerprint density at radius 2 is 1.75 bits per heavy atom. The smallest absolute Gasteiger partial charge is 0.348 e. The van der Waals surface area contributed by atoms with Crippen molar-refractivity contribution in [1.82, 2.24) is 0 Å². The molecule has 0 aromatic heterocycles. The van der Waals surface area contributed by atoms with E-state index in [1.54, 1.807) is 48.5 Å². The van der Waals surface area contributed by atoms with Crippen molar-refractivity contribution in [1.29, 1.82) is 0 Å². The SMILES string of the molecule is C[C@H](OC(=O)C1=C(Nc2ccccc2)OCC1=O)C(=O)Nc1ccc(Cl)cc1. The molecule has 1 aliphatic rings. The van der Waals surface area contributed by atoms with Crippen LogP contribution in [0.1, 0.15) is 6.92 Å². The lowest BCUT2D eigenvalue weighted by Gasteiger charge is -2.14. The first-order valence-electron chi connectivity index (χ1n) is 8.44. The maximum Gasteiger partial charge on any atom is 0.348 e. The highest BCUT2D eigenvalue weighted by atomic mass is 35.5. The number of para-hydroxylation sites is 1. The van der Waals surface area contributed by atoms with Crippen molar-refractivity contribution in [2.45, 2.75) is 13.0 Å². The van der Waals surface area contributed by atoms with E-state index in [1.165, 1.54) is 6.92 Å².